The molecule has 0 radical (unpaired) electrons. The Bertz CT molecular complexity index is 830. The number of carbonyl (C=O) groups excluding carboxylic acids is 2. The fourth-order valence-corrected chi connectivity index (χ4v) is 2.64. The fraction of sp³-hybridized carbons (Fsp3) is 0. The van der Waals surface area contributed by atoms with Crippen LogP contribution in [-0.4, -0.2) is 11.6 Å². The lowest BCUT2D eigenvalue weighted by molar-refractivity contribution is 0.101. The number of allylic oxidation sites excluding steroid dienone is 2. The van der Waals surface area contributed by atoms with Crippen LogP contribution in [0.2, 0.25) is 0 Å². The summed E-state index contributed by atoms with van der Waals surface area (Å²) in [6.45, 7) is 0. The van der Waals surface area contributed by atoms with Gasteiger partial charge in [-0.25, -0.2) is 8.78 Å². The zero-order valence-electron chi connectivity index (χ0n) is 11.0. The van der Waals surface area contributed by atoms with Crippen molar-refractivity contribution in [1.29, 1.82) is 0 Å². The van der Waals surface area contributed by atoms with Crippen molar-refractivity contribution in [2.24, 2.45) is 0 Å². The molecule has 2 heterocycles. The van der Waals surface area contributed by atoms with Crippen LogP contribution in [0.3, 0.4) is 0 Å². The summed E-state index contributed by atoms with van der Waals surface area (Å²) >= 11 is 0. The van der Waals surface area contributed by atoms with Gasteiger partial charge in [-0.2, -0.15) is 0 Å². The molecule has 0 fully saturated rings. The smallest absolute Gasteiger partial charge is 0.213 e. The van der Waals surface area contributed by atoms with Gasteiger partial charge in [0.1, 0.15) is 23.0 Å². The second-order valence-electron chi connectivity index (χ2n) is 5.04. The van der Waals surface area contributed by atoms with Gasteiger partial charge < -0.3 is 10.6 Å². The highest BCUT2D eigenvalue weighted by molar-refractivity contribution is 6.27. The van der Waals surface area contributed by atoms with Gasteiger partial charge in [-0.05, 0) is 36.4 Å². The van der Waals surface area contributed by atoms with Crippen LogP contribution in [0.15, 0.2) is 47.8 Å². The number of halogens is 2. The van der Waals surface area contributed by atoms with Gasteiger partial charge >= 0.3 is 0 Å². The molecule has 2 aliphatic rings. The number of Topliss-reactive ketones (excluding diaryl/α,β-unsaturated/α-hetero) is 2. The molecule has 4 rings (SSSR count). The molecular weight excluding hydrogens is 290 g/mol. The summed E-state index contributed by atoms with van der Waals surface area (Å²) in [5, 5.41) is 5.52. The molecule has 2 aromatic carbocycles. The Morgan fingerprint density at radius 1 is 0.682 bits per heavy atom. The van der Waals surface area contributed by atoms with E-state index in [1.807, 2.05) is 0 Å². The molecule has 0 atom stereocenters. The van der Waals surface area contributed by atoms with Gasteiger partial charge in [0, 0.05) is 11.1 Å². The van der Waals surface area contributed by atoms with Crippen LogP contribution in [0.1, 0.15) is 20.7 Å². The summed E-state index contributed by atoms with van der Waals surface area (Å²) in [6.07, 6.45) is 0. The van der Waals surface area contributed by atoms with Crippen molar-refractivity contribution < 1.29 is 18.4 Å². The SMILES string of the molecule is O=C1/C(=C2\Nc3cc(F)ccc3C2=O)Nc2cc(F)ccc21. The van der Waals surface area contributed by atoms with Crippen molar-refractivity contribution in [2.75, 3.05) is 10.6 Å². The first kappa shape index (κ1) is 12.7. The van der Waals surface area contributed by atoms with Gasteiger partial charge in [0.05, 0.1) is 11.4 Å². The Hall–Kier alpha value is -3.02. The minimum atomic E-state index is -0.485. The maximum Gasteiger partial charge on any atom is 0.213 e. The van der Waals surface area contributed by atoms with Crippen molar-refractivity contribution in [3.05, 3.63) is 70.6 Å². The highest BCUT2D eigenvalue weighted by Gasteiger charge is 2.34. The number of ketones is 2. The number of carbonyl (C=O) groups is 2. The summed E-state index contributed by atoms with van der Waals surface area (Å²) in [4.78, 5) is 24.7. The Balaban J connectivity index is 1.82. The molecular formula is C16H8F2N2O2. The van der Waals surface area contributed by atoms with Crippen molar-refractivity contribution >= 4 is 22.9 Å². The second-order valence-corrected chi connectivity index (χ2v) is 5.04. The Morgan fingerprint density at radius 3 is 1.50 bits per heavy atom. The van der Waals surface area contributed by atoms with E-state index in [9.17, 15) is 18.4 Å². The lowest BCUT2D eigenvalue weighted by Crippen LogP contribution is -2.13. The molecule has 22 heavy (non-hydrogen) atoms. The van der Waals surface area contributed by atoms with Crippen LogP contribution in [0.4, 0.5) is 20.2 Å². The van der Waals surface area contributed by atoms with E-state index in [1.54, 1.807) is 0 Å². The molecule has 4 nitrogen and oxygen atoms in total. The highest BCUT2D eigenvalue weighted by atomic mass is 19.1. The molecule has 0 bridgehead atoms. The van der Waals surface area contributed by atoms with Crippen molar-refractivity contribution in [3.8, 4) is 0 Å². The lowest BCUT2D eigenvalue weighted by Gasteiger charge is -2.03. The van der Waals surface area contributed by atoms with E-state index in [0.29, 0.717) is 22.5 Å². The number of fused-ring (bicyclic) bond motifs is 2. The predicted octanol–water partition coefficient (Wildman–Crippen LogP) is 3.09. The summed E-state index contributed by atoms with van der Waals surface area (Å²) in [5.41, 5.74) is 1.29. The van der Waals surface area contributed by atoms with Gasteiger partial charge in [-0.3, -0.25) is 9.59 Å². The predicted molar refractivity (Wildman–Crippen MR) is 75.7 cm³/mol. The van der Waals surface area contributed by atoms with Crippen LogP contribution in [0.25, 0.3) is 0 Å². The summed E-state index contributed by atoms with van der Waals surface area (Å²) in [5.74, 6) is -1.78. The Morgan fingerprint density at radius 2 is 1.09 bits per heavy atom. The molecule has 0 unspecified atom stereocenters. The lowest BCUT2D eigenvalue weighted by atomic mass is 10.1. The molecule has 2 N–H and O–H groups in total. The number of rotatable bonds is 0. The minimum absolute atomic E-state index is 0.0437. The van der Waals surface area contributed by atoms with E-state index >= 15 is 0 Å². The minimum Gasteiger partial charge on any atom is -0.350 e. The first-order valence-corrected chi connectivity index (χ1v) is 6.51. The zero-order valence-corrected chi connectivity index (χ0v) is 11.0. The normalized spacial score (nSPS) is 18.8. The van der Waals surface area contributed by atoms with Crippen LogP contribution < -0.4 is 10.6 Å². The second kappa shape index (κ2) is 4.24. The maximum atomic E-state index is 13.2. The zero-order chi connectivity index (χ0) is 15.4. The number of anilines is 2. The Labute approximate surface area is 123 Å². The number of nitrogens with one attached hydrogen (secondary N) is 2. The molecule has 0 aliphatic carbocycles. The summed E-state index contributed by atoms with van der Waals surface area (Å²) in [7, 11) is 0. The van der Waals surface area contributed by atoms with Crippen LogP contribution in [-0.2, 0) is 0 Å². The van der Waals surface area contributed by atoms with Gasteiger partial charge in [-0.1, -0.05) is 0 Å². The van der Waals surface area contributed by atoms with E-state index in [1.165, 1.54) is 36.4 Å². The monoisotopic (exact) mass is 298 g/mol. The molecule has 6 heteroatoms. The first-order chi connectivity index (χ1) is 10.5. The van der Waals surface area contributed by atoms with E-state index in [4.69, 9.17) is 0 Å². The van der Waals surface area contributed by atoms with Crippen LogP contribution in [0.5, 0.6) is 0 Å². The average molecular weight is 298 g/mol. The molecule has 0 spiro atoms. The van der Waals surface area contributed by atoms with Crippen molar-refractivity contribution in [1.82, 2.24) is 0 Å². The maximum absolute atomic E-state index is 13.2. The summed E-state index contributed by atoms with van der Waals surface area (Å²) < 4.78 is 26.5. The van der Waals surface area contributed by atoms with Gasteiger partial charge in [0.2, 0.25) is 11.6 Å². The highest BCUT2D eigenvalue weighted by Crippen LogP contribution is 2.35. The van der Waals surface area contributed by atoms with Gasteiger partial charge in [0.25, 0.3) is 0 Å². The number of hydrogen-bond acceptors (Lipinski definition) is 4. The first-order valence-electron chi connectivity index (χ1n) is 6.51. The van der Waals surface area contributed by atoms with E-state index in [-0.39, 0.29) is 11.4 Å². The summed E-state index contributed by atoms with van der Waals surface area (Å²) in [6, 6.07) is 7.46. The van der Waals surface area contributed by atoms with Crippen molar-refractivity contribution in [3.63, 3.8) is 0 Å². The van der Waals surface area contributed by atoms with Crippen molar-refractivity contribution in [2.45, 2.75) is 0 Å². The van der Waals surface area contributed by atoms with Crippen LogP contribution in [0, 0.1) is 11.6 Å². The molecule has 2 aromatic rings. The average Bonchev–Trinajstić information content (AvgIpc) is 2.96. The van der Waals surface area contributed by atoms with E-state index < -0.39 is 23.2 Å². The molecule has 0 amide bonds. The molecule has 0 saturated heterocycles. The topological polar surface area (TPSA) is 58.2 Å². The molecule has 108 valence electrons. The third-order valence-corrected chi connectivity index (χ3v) is 3.68. The fourth-order valence-electron chi connectivity index (χ4n) is 2.64. The third kappa shape index (κ3) is 1.67. The Kier molecular flexibility index (Phi) is 2.45. The van der Waals surface area contributed by atoms with Gasteiger partial charge in [-0.15, -0.1) is 0 Å². The molecule has 0 saturated carbocycles. The molecule has 2 aliphatic heterocycles. The standard InChI is InChI=1S/C16H8F2N2O2/c17-7-1-3-9-11(5-7)19-13(15(9)21)14-16(22)10-4-2-8(18)6-12(10)20-14/h1-6,19-20H/b14-13+. The number of benzene rings is 2. The molecule has 0 aromatic heterocycles. The quantitative estimate of drug-likeness (QED) is 0.734. The third-order valence-electron chi connectivity index (χ3n) is 3.68. The number of hydrogen-bond donors (Lipinski definition) is 2. The largest absolute Gasteiger partial charge is 0.350 e. The van der Waals surface area contributed by atoms with Gasteiger partial charge in [0.15, 0.2) is 0 Å². The van der Waals surface area contributed by atoms with E-state index in [2.05, 4.69) is 10.6 Å². The van der Waals surface area contributed by atoms with Crippen LogP contribution >= 0.6 is 0 Å². The van der Waals surface area contributed by atoms with E-state index in [0.717, 1.165) is 0 Å².